The van der Waals surface area contributed by atoms with Crippen molar-refractivity contribution >= 4 is 11.8 Å². The number of nitrogens with zero attached hydrogens (tertiary/aromatic N) is 1. The third-order valence-corrected chi connectivity index (χ3v) is 6.88. The third-order valence-electron chi connectivity index (χ3n) is 6.88. The third kappa shape index (κ3) is 3.78. The number of nitrogens with one attached hydrogen (secondary N) is 1. The Kier molecular flexibility index (Phi) is 4.39. The lowest BCUT2D eigenvalue weighted by Crippen LogP contribution is -2.45. The molecule has 3 aliphatic rings. The lowest BCUT2D eigenvalue weighted by Gasteiger charge is -2.39. The Morgan fingerprint density at radius 3 is 2.81 bits per heavy atom. The van der Waals surface area contributed by atoms with Crippen molar-refractivity contribution in [3.8, 4) is 0 Å². The number of hydrogen-bond donors (Lipinski definition) is 1. The van der Waals surface area contributed by atoms with E-state index in [2.05, 4.69) is 31.0 Å². The van der Waals surface area contributed by atoms with Gasteiger partial charge in [0, 0.05) is 37.4 Å². The van der Waals surface area contributed by atoms with Gasteiger partial charge >= 0.3 is 0 Å². The van der Waals surface area contributed by atoms with Crippen LogP contribution in [0.15, 0.2) is 22.8 Å². The molecule has 2 bridgehead atoms. The molecule has 2 amide bonds. The molecule has 1 saturated carbocycles. The molecule has 3 atom stereocenters. The number of amides is 2. The van der Waals surface area contributed by atoms with Crippen molar-refractivity contribution in [1.82, 2.24) is 10.2 Å². The molecule has 3 fully saturated rings. The summed E-state index contributed by atoms with van der Waals surface area (Å²) in [5.41, 5.74) is 0.227. The predicted molar refractivity (Wildman–Crippen MR) is 103 cm³/mol. The van der Waals surface area contributed by atoms with Crippen LogP contribution in [0.3, 0.4) is 0 Å². The Balaban J connectivity index is 1.42. The molecule has 1 N–H and O–H groups in total. The molecule has 1 aromatic rings. The molecule has 2 aliphatic heterocycles. The van der Waals surface area contributed by atoms with Crippen molar-refractivity contribution in [2.75, 3.05) is 6.54 Å². The summed E-state index contributed by atoms with van der Waals surface area (Å²) >= 11 is 0. The summed E-state index contributed by atoms with van der Waals surface area (Å²) in [6.07, 6.45) is 8.24. The van der Waals surface area contributed by atoms with Gasteiger partial charge in [0.1, 0.15) is 5.76 Å². The lowest BCUT2D eigenvalue weighted by molar-refractivity contribution is -0.133. The summed E-state index contributed by atoms with van der Waals surface area (Å²) in [6.45, 7) is 7.89. The van der Waals surface area contributed by atoms with Gasteiger partial charge in [-0.1, -0.05) is 20.8 Å². The van der Waals surface area contributed by atoms with Crippen molar-refractivity contribution < 1.29 is 14.0 Å². The molecule has 0 radical (unpaired) electrons. The number of furan rings is 1. The van der Waals surface area contributed by atoms with Gasteiger partial charge in [-0.05, 0) is 55.1 Å². The second-order valence-corrected chi connectivity index (χ2v) is 10.3. The molecule has 2 saturated heterocycles. The van der Waals surface area contributed by atoms with E-state index in [1.54, 1.807) is 6.26 Å². The maximum Gasteiger partial charge on any atom is 0.222 e. The molecular formula is C22H32N2O3. The van der Waals surface area contributed by atoms with Gasteiger partial charge in [-0.2, -0.15) is 0 Å². The average molecular weight is 373 g/mol. The molecule has 0 unspecified atom stereocenters. The van der Waals surface area contributed by atoms with E-state index >= 15 is 0 Å². The van der Waals surface area contributed by atoms with E-state index in [4.69, 9.17) is 4.42 Å². The van der Waals surface area contributed by atoms with Crippen LogP contribution >= 0.6 is 0 Å². The SMILES string of the molecule is CC1(C)C[C@@H]2C[C@](C)(CN2C(=O)CC[C@@]2(Cc3ccco3)CCC(=O)N2)C1. The molecular weight excluding hydrogens is 340 g/mol. The van der Waals surface area contributed by atoms with Crippen LogP contribution in [-0.4, -0.2) is 34.8 Å². The molecule has 1 aliphatic carbocycles. The maximum atomic E-state index is 13.1. The first-order valence-corrected chi connectivity index (χ1v) is 10.3. The highest BCUT2D eigenvalue weighted by molar-refractivity contribution is 5.80. The van der Waals surface area contributed by atoms with Gasteiger partial charge < -0.3 is 14.6 Å². The highest BCUT2D eigenvalue weighted by Gasteiger charge is 2.51. The van der Waals surface area contributed by atoms with Crippen LogP contribution < -0.4 is 5.32 Å². The fourth-order valence-corrected chi connectivity index (χ4v) is 6.17. The van der Waals surface area contributed by atoms with Crippen LogP contribution in [0.1, 0.15) is 71.5 Å². The van der Waals surface area contributed by atoms with E-state index in [-0.39, 0.29) is 22.8 Å². The first-order valence-electron chi connectivity index (χ1n) is 10.3. The molecule has 27 heavy (non-hydrogen) atoms. The summed E-state index contributed by atoms with van der Waals surface area (Å²) in [6, 6.07) is 4.20. The summed E-state index contributed by atoms with van der Waals surface area (Å²) in [7, 11) is 0. The molecule has 4 rings (SSSR count). The van der Waals surface area contributed by atoms with Crippen molar-refractivity contribution in [2.45, 2.75) is 83.7 Å². The number of hydrogen-bond acceptors (Lipinski definition) is 3. The van der Waals surface area contributed by atoms with E-state index in [1.807, 2.05) is 12.1 Å². The molecule has 3 heterocycles. The number of likely N-dealkylation sites (tertiary alicyclic amines) is 1. The molecule has 0 spiro atoms. The smallest absolute Gasteiger partial charge is 0.222 e. The van der Waals surface area contributed by atoms with Crippen LogP contribution in [-0.2, 0) is 16.0 Å². The maximum absolute atomic E-state index is 13.1. The van der Waals surface area contributed by atoms with Crippen LogP contribution in [0.2, 0.25) is 0 Å². The zero-order valence-corrected chi connectivity index (χ0v) is 16.8. The van der Waals surface area contributed by atoms with Crippen molar-refractivity contribution in [3.63, 3.8) is 0 Å². The fourth-order valence-electron chi connectivity index (χ4n) is 6.17. The number of carbonyl (C=O) groups excluding carboxylic acids is 2. The van der Waals surface area contributed by atoms with E-state index in [1.165, 1.54) is 6.42 Å². The first-order chi connectivity index (χ1) is 12.7. The van der Waals surface area contributed by atoms with Crippen molar-refractivity contribution in [2.24, 2.45) is 10.8 Å². The largest absolute Gasteiger partial charge is 0.469 e. The van der Waals surface area contributed by atoms with Gasteiger partial charge in [0.25, 0.3) is 0 Å². The monoisotopic (exact) mass is 372 g/mol. The van der Waals surface area contributed by atoms with Gasteiger partial charge in [-0.3, -0.25) is 9.59 Å². The van der Waals surface area contributed by atoms with Crippen molar-refractivity contribution in [3.05, 3.63) is 24.2 Å². The Morgan fingerprint density at radius 2 is 2.15 bits per heavy atom. The first kappa shape index (κ1) is 18.6. The lowest BCUT2D eigenvalue weighted by atomic mass is 9.65. The molecule has 5 nitrogen and oxygen atoms in total. The molecule has 148 valence electrons. The van der Waals surface area contributed by atoms with Crippen LogP contribution in [0.5, 0.6) is 0 Å². The Morgan fingerprint density at radius 1 is 1.33 bits per heavy atom. The molecule has 0 aromatic carbocycles. The van der Waals surface area contributed by atoms with Gasteiger partial charge in [0.15, 0.2) is 0 Å². The van der Waals surface area contributed by atoms with Gasteiger partial charge in [0.05, 0.1) is 6.26 Å². The molecule has 1 aromatic heterocycles. The summed E-state index contributed by atoms with van der Waals surface area (Å²) in [4.78, 5) is 27.2. The predicted octanol–water partition coefficient (Wildman–Crippen LogP) is 3.68. The highest BCUT2D eigenvalue weighted by Crippen LogP contribution is 2.52. The van der Waals surface area contributed by atoms with E-state index in [9.17, 15) is 9.59 Å². The standard InChI is InChI=1S/C22H32N2O3/c1-20(2)11-16-12-21(3,14-20)15-24(16)19(26)7-9-22(8-6-18(25)23-22)13-17-5-4-10-27-17/h4-5,10,16H,6-9,11-15H2,1-3H3,(H,23,25)/t16-,21+,22-/m1/s1. The Labute approximate surface area is 161 Å². The topological polar surface area (TPSA) is 62.6 Å². The van der Waals surface area contributed by atoms with E-state index in [0.717, 1.165) is 31.6 Å². The Bertz CT molecular complexity index is 726. The summed E-state index contributed by atoms with van der Waals surface area (Å²) < 4.78 is 5.51. The number of rotatable bonds is 5. The number of carbonyl (C=O) groups is 2. The van der Waals surface area contributed by atoms with E-state index < -0.39 is 0 Å². The fraction of sp³-hybridized carbons (Fsp3) is 0.727. The minimum Gasteiger partial charge on any atom is -0.469 e. The van der Waals surface area contributed by atoms with Gasteiger partial charge in [-0.25, -0.2) is 0 Å². The summed E-state index contributed by atoms with van der Waals surface area (Å²) in [5, 5.41) is 3.15. The minimum atomic E-state index is -0.345. The van der Waals surface area contributed by atoms with Crippen LogP contribution in [0, 0.1) is 10.8 Å². The second kappa shape index (κ2) is 6.39. The summed E-state index contributed by atoms with van der Waals surface area (Å²) in [5.74, 6) is 1.21. The van der Waals surface area contributed by atoms with Gasteiger partial charge in [0.2, 0.25) is 11.8 Å². The van der Waals surface area contributed by atoms with Gasteiger partial charge in [-0.15, -0.1) is 0 Å². The normalized spacial score (nSPS) is 34.7. The molecule has 5 heteroatoms. The highest BCUT2D eigenvalue weighted by atomic mass is 16.3. The van der Waals surface area contributed by atoms with Crippen LogP contribution in [0.25, 0.3) is 0 Å². The Hall–Kier alpha value is -1.78. The van der Waals surface area contributed by atoms with E-state index in [0.29, 0.717) is 37.1 Å². The quantitative estimate of drug-likeness (QED) is 0.858. The zero-order chi connectivity index (χ0) is 19.3. The minimum absolute atomic E-state index is 0.0836. The van der Waals surface area contributed by atoms with Crippen molar-refractivity contribution in [1.29, 1.82) is 0 Å². The second-order valence-electron chi connectivity index (χ2n) is 10.3. The zero-order valence-electron chi connectivity index (χ0n) is 16.8. The van der Waals surface area contributed by atoms with Crippen LogP contribution in [0.4, 0.5) is 0 Å². The average Bonchev–Trinajstić information content (AvgIpc) is 3.24. The number of fused-ring (bicyclic) bond motifs is 2.